The second kappa shape index (κ2) is 7.08. The molecule has 0 heterocycles. The number of rotatable bonds is 5. The SMILES string of the molecule is COc1ccc(SCC(=O)Nc2c(F)cccc2F)cc1. The van der Waals surface area contributed by atoms with E-state index >= 15 is 0 Å². The van der Waals surface area contributed by atoms with Crippen LogP contribution in [-0.4, -0.2) is 18.8 Å². The van der Waals surface area contributed by atoms with Gasteiger partial charge in [-0.05, 0) is 36.4 Å². The first-order chi connectivity index (χ1) is 10.1. The second-order valence-electron chi connectivity index (χ2n) is 4.11. The van der Waals surface area contributed by atoms with E-state index in [2.05, 4.69) is 5.32 Å². The Morgan fingerprint density at radius 3 is 2.33 bits per heavy atom. The minimum atomic E-state index is -0.794. The standard InChI is InChI=1S/C15H13F2NO2S/c1-20-10-5-7-11(8-6-10)21-9-14(19)18-15-12(16)3-2-4-13(15)17/h2-8H,9H2,1H3,(H,18,19). The molecule has 110 valence electrons. The number of amides is 1. The van der Waals surface area contributed by atoms with Gasteiger partial charge in [0.2, 0.25) is 5.91 Å². The smallest absolute Gasteiger partial charge is 0.234 e. The van der Waals surface area contributed by atoms with E-state index in [0.29, 0.717) is 0 Å². The predicted octanol–water partition coefficient (Wildman–Crippen LogP) is 3.70. The number of thioether (sulfide) groups is 1. The first-order valence-electron chi connectivity index (χ1n) is 6.11. The maximum atomic E-state index is 13.4. The minimum Gasteiger partial charge on any atom is -0.497 e. The highest BCUT2D eigenvalue weighted by atomic mass is 32.2. The zero-order valence-electron chi connectivity index (χ0n) is 11.2. The maximum absolute atomic E-state index is 13.4. The van der Waals surface area contributed by atoms with E-state index in [-0.39, 0.29) is 5.75 Å². The van der Waals surface area contributed by atoms with Gasteiger partial charge < -0.3 is 10.1 Å². The number of methoxy groups -OCH3 is 1. The third-order valence-electron chi connectivity index (χ3n) is 2.66. The molecule has 0 saturated heterocycles. The van der Waals surface area contributed by atoms with Gasteiger partial charge in [-0.15, -0.1) is 11.8 Å². The van der Waals surface area contributed by atoms with Crippen LogP contribution in [0.25, 0.3) is 0 Å². The fraction of sp³-hybridized carbons (Fsp3) is 0.133. The van der Waals surface area contributed by atoms with E-state index in [1.54, 1.807) is 31.4 Å². The van der Waals surface area contributed by atoms with Crippen LogP contribution in [0.5, 0.6) is 5.75 Å². The number of hydrogen-bond acceptors (Lipinski definition) is 3. The topological polar surface area (TPSA) is 38.3 Å². The van der Waals surface area contributed by atoms with Crippen LogP contribution in [0.15, 0.2) is 47.4 Å². The summed E-state index contributed by atoms with van der Waals surface area (Å²) in [4.78, 5) is 12.6. The number of anilines is 1. The molecular weight excluding hydrogens is 296 g/mol. The molecule has 0 aliphatic rings. The summed E-state index contributed by atoms with van der Waals surface area (Å²) in [6, 6.07) is 10.6. The third-order valence-corrected chi connectivity index (χ3v) is 3.67. The van der Waals surface area contributed by atoms with Gasteiger partial charge in [-0.2, -0.15) is 0 Å². The highest BCUT2D eigenvalue weighted by Crippen LogP contribution is 2.22. The van der Waals surface area contributed by atoms with Crippen molar-refractivity contribution in [3.8, 4) is 5.75 Å². The predicted molar refractivity (Wildman–Crippen MR) is 78.7 cm³/mol. The van der Waals surface area contributed by atoms with Crippen molar-refractivity contribution in [3.63, 3.8) is 0 Å². The van der Waals surface area contributed by atoms with Crippen LogP contribution < -0.4 is 10.1 Å². The summed E-state index contributed by atoms with van der Waals surface area (Å²) < 4.78 is 31.8. The highest BCUT2D eigenvalue weighted by molar-refractivity contribution is 8.00. The van der Waals surface area contributed by atoms with Gasteiger partial charge in [0.25, 0.3) is 0 Å². The summed E-state index contributed by atoms with van der Waals surface area (Å²) in [7, 11) is 1.57. The summed E-state index contributed by atoms with van der Waals surface area (Å²) >= 11 is 1.27. The Balaban J connectivity index is 1.92. The van der Waals surface area contributed by atoms with Crippen molar-refractivity contribution in [2.75, 3.05) is 18.2 Å². The van der Waals surface area contributed by atoms with Crippen molar-refractivity contribution < 1.29 is 18.3 Å². The van der Waals surface area contributed by atoms with E-state index in [9.17, 15) is 13.6 Å². The molecule has 1 N–H and O–H groups in total. The van der Waals surface area contributed by atoms with E-state index in [4.69, 9.17) is 4.74 Å². The van der Waals surface area contributed by atoms with Crippen LogP contribution in [0.4, 0.5) is 14.5 Å². The number of carbonyl (C=O) groups excluding carboxylic acids is 1. The Labute approximate surface area is 125 Å². The van der Waals surface area contributed by atoms with Crippen LogP contribution in [0.2, 0.25) is 0 Å². The molecule has 0 atom stereocenters. The number of benzene rings is 2. The normalized spacial score (nSPS) is 10.2. The van der Waals surface area contributed by atoms with Crippen molar-refractivity contribution in [2.45, 2.75) is 4.90 Å². The number of halogens is 2. The molecule has 0 aliphatic heterocycles. The van der Waals surface area contributed by atoms with E-state index < -0.39 is 23.2 Å². The lowest BCUT2D eigenvalue weighted by Crippen LogP contribution is -2.16. The maximum Gasteiger partial charge on any atom is 0.234 e. The average molecular weight is 309 g/mol. The third kappa shape index (κ3) is 4.19. The highest BCUT2D eigenvalue weighted by Gasteiger charge is 2.12. The molecule has 0 unspecified atom stereocenters. The summed E-state index contributed by atoms with van der Waals surface area (Å²) in [5.74, 6) is -1.28. The Morgan fingerprint density at radius 2 is 1.76 bits per heavy atom. The first kappa shape index (κ1) is 15.3. The van der Waals surface area contributed by atoms with Crippen LogP contribution in [-0.2, 0) is 4.79 Å². The van der Waals surface area contributed by atoms with Crippen LogP contribution in [0, 0.1) is 11.6 Å². The number of nitrogens with one attached hydrogen (secondary N) is 1. The summed E-state index contributed by atoms with van der Waals surface area (Å²) in [5, 5.41) is 2.24. The second-order valence-corrected chi connectivity index (χ2v) is 5.16. The molecule has 21 heavy (non-hydrogen) atoms. The van der Waals surface area contributed by atoms with Crippen molar-refractivity contribution in [1.29, 1.82) is 0 Å². The fourth-order valence-electron chi connectivity index (χ4n) is 1.61. The monoisotopic (exact) mass is 309 g/mol. The van der Waals surface area contributed by atoms with E-state index in [1.165, 1.54) is 17.8 Å². The van der Waals surface area contributed by atoms with Crippen molar-refractivity contribution >= 4 is 23.4 Å². The van der Waals surface area contributed by atoms with Crippen LogP contribution >= 0.6 is 11.8 Å². The molecule has 0 saturated carbocycles. The van der Waals surface area contributed by atoms with Gasteiger partial charge in [-0.25, -0.2) is 8.78 Å². The van der Waals surface area contributed by atoms with Gasteiger partial charge in [-0.3, -0.25) is 4.79 Å². The van der Waals surface area contributed by atoms with Gasteiger partial charge in [0, 0.05) is 4.90 Å². The molecular formula is C15H13F2NO2S. The molecule has 1 amide bonds. The van der Waals surface area contributed by atoms with Crippen LogP contribution in [0.3, 0.4) is 0 Å². The number of ether oxygens (including phenoxy) is 1. The van der Waals surface area contributed by atoms with Gasteiger partial charge in [0.1, 0.15) is 23.1 Å². The zero-order chi connectivity index (χ0) is 15.2. The molecule has 2 rings (SSSR count). The van der Waals surface area contributed by atoms with Gasteiger partial charge in [-0.1, -0.05) is 6.07 Å². The van der Waals surface area contributed by atoms with Crippen LogP contribution in [0.1, 0.15) is 0 Å². The summed E-state index contributed by atoms with van der Waals surface area (Å²) in [6.07, 6.45) is 0. The van der Waals surface area contributed by atoms with Gasteiger partial charge in [0.15, 0.2) is 0 Å². The molecule has 2 aromatic carbocycles. The number of para-hydroxylation sites is 1. The zero-order valence-corrected chi connectivity index (χ0v) is 12.0. The lowest BCUT2D eigenvalue weighted by molar-refractivity contribution is -0.113. The number of hydrogen-bond donors (Lipinski definition) is 1. The Hall–Kier alpha value is -2.08. The van der Waals surface area contributed by atoms with Gasteiger partial charge >= 0.3 is 0 Å². The Kier molecular flexibility index (Phi) is 5.16. The Bertz CT molecular complexity index is 612. The quantitative estimate of drug-likeness (QED) is 0.856. The molecule has 0 aromatic heterocycles. The van der Waals surface area contributed by atoms with E-state index in [0.717, 1.165) is 22.8 Å². The number of carbonyl (C=O) groups is 1. The molecule has 0 bridgehead atoms. The van der Waals surface area contributed by atoms with Crippen molar-refractivity contribution in [1.82, 2.24) is 0 Å². The fourth-order valence-corrected chi connectivity index (χ4v) is 2.31. The van der Waals surface area contributed by atoms with Gasteiger partial charge in [0.05, 0.1) is 12.9 Å². The molecule has 6 heteroatoms. The molecule has 0 spiro atoms. The van der Waals surface area contributed by atoms with Crippen molar-refractivity contribution in [2.24, 2.45) is 0 Å². The largest absolute Gasteiger partial charge is 0.497 e. The lowest BCUT2D eigenvalue weighted by Gasteiger charge is -2.07. The lowest BCUT2D eigenvalue weighted by atomic mass is 10.3. The summed E-state index contributed by atoms with van der Waals surface area (Å²) in [5.41, 5.74) is -0.419. The molecule has 3 nitrogen and oxygen atoms in total. The molecule has 0 aliphatic carbocycles. The Morgan fingerprint density at radius 1 is 1.14 bits per heavy atom. The molecule has 0 fully saturated rings. The molecule has 0 radical (unpaired) electrons. The minimum absolute atomic E-state index is 0.0557. The summed E-state index contributed by atoms with van der Waals surface area (Å²) in [6.45, 7) is 0. The average Bonchev–Trinajstić information content (AvgIpc) is 2.49. The van der Waals surface area contributed by atoms with E-state index in [1.807, 2.05) is 0 Å². The van der Waals surface area contributed by atoms with Crippen molar-refractivity contribution in [3.05, 3.63) is 54.1 Å². The first-order valence-corrected chi connectivity index (χ1v) is 7.09. The molecule has 2 aromatic rings.